The minimum atomic E-state index is 0.612. The highest BCUT2D eigenvalue weighted by Gasteiger charge is 2.24. The summed E-state index contributed by atoms with van der Waals surface area (Å²) in [5.74, 6) is 3.41. The molecule has 1 aliphatic rings. The SMILES string of the molecule is C#CCCCC(NCCC)C1CCOC1. The zero-order chi connectivity index (χ0) is 10.9. The van der Waals surface area contributed by atoms with Gasteiger partial charge in [0.25, 0.3) is 0 Å². The maximum absolute atomic E-state index is 5.44. The van der Waals surface area contributed by atoms with Gasteiger partial charge in [-0.05, 0) is 38.1 Å². The van der Waals surface area contributed by atoms with E-state index in [2.05, 4.69) is 18.2 Å². The van der Waals surface area contributed by atoms with Gasteiger partial charge in [0, 0.05) is 19.1 Å². The Hall–Kier alpha value is -0.520. The third-order valence-corrected chi connectivity index (χ3v) is 3.03. The van der Waals surface area contributed by atoms with E-state index in [1.54, 1.807) is 0 Å². The zero-order valence-corrected chi connectivity index (χ0v) is 9.80. The Morgan fingerprint density at radius 3 is 3.07 bits per heavy atom. The zero-order valence-electron chi connectivity index (χ0n) is 9.80. The number of hydrogen-bond donors (Lipinski definition) is 1. The van der Waals surface area contributed by atoms with Crippen molar-refractivity contribution < 1.29 is 4.74 Å². The highest BCUT2D eigenvalue weighted by Crippen LogP contribution is 2.20. The van der Waals surface area contributed by atoms with E-state index < -0.39 is 0 Å². The van der Waals surface area contributed by atoms with Crippen LogP contribution >= 0.6 is 0 Å². The molecule has 15 heavy (non-hydrogen) atoms. The molecule has 0 amide bonds. The second-order valence-corrected chi connectivity index (χ2v) is 4.28. The van der Waals surface area contributed by atoms with Crippen LogP contribution in [0.3, 0.4) is 0 Å². The lowest BCUT2D eigenvalue weighted by Gasteiger charge is -2.23. The summed E-state index contributed by atoms with van der Waals surface area (Å²) in [6, 6.07) is 0.612. The summed E-state index contributed by atoms with van der Waals surface area (Å²) in [5.41, 5.74) is 0. The molecule has 1 saturated heterocycles. The van der Waals surface area contributed by atoms with Gasteiger partial charge in [0.15, 0.2) is 0 Å². The highest BCUT2D eigenvalue weighted by atomic mass is 16.5. The van der Waals surface area contributed by atoms with Gasteiger partial charge in [-0.3, -0.25) is 0 Å². The molecule has 1 heterocycles. The van der Waals surface area contributed by atoms with E-state index in [1.807, 2.05) is 0 Å². The molecule has 2 unspecified atom stereocenters. The Balaban J connectivity index is 2.27. The standard InChI is InChI=1S/C13H23NO/c1-3-5-6-7-13(14-9-4-2)12-8-10-15-11-12/h1,12-14H,4-11H2,2H3. The van der Waals surface area contributed by atoms with Crippen LogP contribution in [-0.4, -0.2) is 25.8 Å². The Labute approximate surface area is 93.8 Å². The van der Waals surface area contributed by atoms with E-state index in [4.69, 9.17) is 11.2 Å². The Morgan fingerprint density at radius 1 is 1.60 bits per heavy atom. The largest absolute Gasteiger partial charge is 0.381 e. The first-order valence-electron chi connectivity index (χ1n) is 6.13. The van der Waals surface area contributed by atoms with Crippen molar-refractivity contribution in [2.45, 2.75) is 45.1 Å². The van der Waals surface area contributed by atoms with Crippen molar-refractivity contribution in [3.63, 3.8) is 0 Å². The summed E-state index contributed by atoms with van der Waals surface area (Å²) in [6.45, 7) is 5.18. The summed E-state index contributed by atoms with van der Waals surface area (Å²) in [4.78, 5) is 0. The number of unbranched alkanes of at least 4 members (excludes halogenated alkanes) is 1. The first kappa shape index (κ1) is 12.5. The summed E-state index contributed by atoms with van der Waals surface area (Å²) in [7, 11) is 0. The second kappa shape index (κ2) is 7.73. The monoisotopic (exact) mass is 209 g/mol. The van der Waals surface area contributed by atoms with Crippen molar-refractivity contribution in [2.24, 2.45) is 5.92 Å². The quantitative estimate of drug-likeness (QED) is 0.512. The molecule has 0 bridgehead atoms. The number of rotatable bonds is 7. The summed E-state index contributed by atoms with van der Waals surface area (Å²) < 4.78 is 5.44. The molecule has 1 rings (SSSR count). The number of nitrogens with one attached hydrogen (secondary N) is 1. The second-order valence-electron chi connectivity index (χ2n) is 4.28. The molecule has 86 valence electrons. The molecule has 2 heteroatoms. The summed E-state index contributed by atoms with van der Waals surface area (Å²) in [5, 5.41) is 3.62. The van der Waals surface area contributed by atoms with Gasteiger partial charge in [0.1, 0.15) is 0 Å². The molecule has 2 nitrogen and oxygen atoms in total. The van der Waals surface area contributed by atoms with Crippen LogP contribution in [0.25, 0.3) is 0 Å². The average Bonchev–Trinajstić information content (AvgIpc) is 2.76. The van der Waals surface area contributed by atoms with E-state index in [9.17, 15) is 0 Å². The number of hydrogen-bond acceptors (Lipinski definition) is 2. The number of terminal acetylenes is 1. The first-order valence-corrected chi connectivity index (χ1v) is 6.13. The maximum atomic E-state index is 5.44. The molecule has 0 aromatic heterocycles. The summed E-state index contributed by atoms with van der Waals surface area (Å²) in [6.07, 6.45) is 10.9. The van der Waals surface area contributed by atoms with Crippen molar-refractivity contribution in [3.8, 4) is 12.3 Å². The van der Waals surface area contributed by atoms with Crippen LogP contribution in [0.4, 0.5) is 0 Å². The van der Waals surface area contributed by atoms with Crippen molar-refractivity contribution in [1.29, 1.82) is 0 Å². The van der Waals surface area contributed by atoms with Gasteiger partial charge < -0.3 is 10.1 Å². The van der Waals surface area contributed by atoms with Crippen LogP contribution in [-0.2, 0) is 4.74 Å². The van der Waals surface area contributed by atoms with Crippen molar-refractivity contribution in [3.05, 3.63) is 0 Å². The van der Waals surface area contributed by atoms with E-state index >= 15 is 0 Å². The lowest BCUT2D eigenvalue weighted by Crippen LogP contribution is -2.37. The van der Waals surface area contributed by atoms with E-state index in [1.165, 1.54) is 19.3 Å². The van der Waals surface area contributed by atoms with Crippen molar-refractivity contribution in [1.82, 2.24) is 5.32 Å². The van der Waals surface area contributed by atoms with Crippen LogP contribution < -0.4 is 5.32 Å². The lowest BCUT2D eigenvalue weighted by atomic mass is 9.94. The van der Waals surface area contributed by atoms with Gasteiger partial charge in [-0.2, -0.15) is 0 Å². The molecule has 1 aliphatic heterocycles. The van der Waals surface area contributed by atoms with Crippen LogP contribution in [0.1, 0.15) is 39.0 Å². The van der Waals surface area contributed by atoms with E-state index in [0.717, 1.165) is 32.6 Å². The molecule has 0 aliphatic carbocycles. The highest BCUT2D eigenvalue weighted by molar-refractivity contribution is 4.85. The average molecular weight is 209 g/mol. The molecule has 0 radical (unpaired) electrons. The van der Waals surface area contributed by atoms with Gasteiger partial charge in [-0.1, -0.05) is 6.92 Å². The van der Waals surface area contributed by atoms with Gasteiger partial charge in [-0.25, -0.2) is 0 Å². The predicted molar refractivity (Wildman–Crippen MR) is 63.7 cm³/mol. The van der Waals surface area contributed by atoms with Gasteiger partial charge in [0.05, 0.1) is 6.61 Å². The van der Waals surface area contributed by atoms with Crippen LogP contribution in [0.5, 0.6) is 0 Å². The molecule has 0 aromatic carbocycles. The summed E-state index contributed by atoms with van der Waals surface area (Å²) >= 11 is 0. The fraction of sp³-hybridized carbons (Fsp3) is 0.846. The molecule has 2 atom stereocenters. The van der Waals surface area contributed by atoms with Crippen molar-refractivity contribution in [2.75, 3.05) is 19.8 Å². The Bertz CT molecular complexity index is 191. The van der Waals surface area contributed by atoms with Crippen LogP contribution in [0.15, 0.2) is 0 Å². The lowest BCUT2D eigenvalue weighted by molar-refractivity contribution is 0.175. The minimum Gasteiger partial charge on any atom is -0.381 e. The normalized spacial score (nSPS) is 22.5. The van der Waals surface area contributed by atoms with Gasteiger partial charge in [-0.15, -0.1) is 12.3 Å². The molecular weight excluding hydrogens is 186 g/mol. The predicted octanol–water partition coefficient (Wildman–Crippen LogP) is 2.19. The first-order chi connectivity index (χ1) is 7.38. The molecular formula is C13H23NO. The number of ether oxygens (including phenoxy) is 1. The minimum absolute atomic E-state index is 0.612. The molecule has 1 N–H and O–H groups in total. The van der Waals surface area contributed by atoms with E-state index in [0.29, 0.717) is 12.0 Å². The Morgan fingerprint density at radius 2 is 2.47 bits per heavy atom. The maximum Gasteiger partial charge on any atom is 0.0510 e. The molecule has 0 spiro atoms. The smallest absolute Gasteiger partial charge is 0.0510 e. The van der Waals surface area contributed by atoms with Crippen LogP contribution in [0, 0.1) is 18.3 Å². The molecule has 0 saturated carbocycles. The van der Waals surface area contributed by atoms with Gasteiger partial charge in [0.2, 0.25) is 0 Å². The Kier molecular flexibility index (Phi) is 6.47. The molecule has 0 aromatic rings. The fourth-order valence-corrected chi connectivity index (χ4v) is 2.13. The topological polar surface area (TPSA) is 21.3 Å². The third kappa shape index (κ3) is 4.68. The third-order valence-electron chi connectivity index (χ3n) is 3.03. The molecule has 1 fully saturated rings. The van der Waals surface area contributed by atoms with Gasteiger partial charge >= 0.3 is 0 Å². The fourth-order valence-electron chi connectivity index (χ4n) is 2.13. The van der Waals surface area contributed by atoms with Crippen LogP contribution in [0.2, 0.25) is 0 Å². The van der Waals surface area contributed by atoms with Crippen molar-refractivity contribution >= 4 is 0 Å². The van der Waals surface area contributed by atoms with E-state index in [-0.39, 0.29) is 0 Å².